The van der Waals surface area contributed by atoms with Crippen molar-refractivity contribution in [2.24, 2.45) is 28.6 Å². The number of H-pyrrole nitrogens is 1. The van der Waals surface area contributed by atoms with Crippen LogP contribution in [-0.4, -0.2) is 33.9 Å². The zero-order valence-electron chi connectivity index (χ0n) is 18.7. The van der Waals surface area contributed by atoms with E-state index in [-0.39, 0.29) is 11.3 Å². The molecular weight excluding hydrogens is 406 g/mol. The number of imidazole rings is 1. The van der Waals surface area contributed by atoms with E-state index in [1.54, 1.807) is 0 Å². The van der Waals surface area contributed by atoms with Crippen molar-refractivity contribution in [3.05, 3.63) is 41.2 Å². The average molecular weight is 438 g/mol. The van der Waals surface area contributed by atoms with Crippen molar-refractivity contribution < 1.29 is 4.79 Å². The lowest BCUT2D eigenvalue weighted by atomic mass is 9.47. The maximum atomic E-state index is 12.3. The van der Waals surface area contributed by atoms with E-state index in [4.69, 9.17) is 16.6 Å². The van der Waals surface area contributed by atoms with E-state index < -0.39 is 0 Å². The highest BCUT2D eigenvalue weighted by Crippen LogP contribution is 2.67. The number of nitrogens with zero attached hydrogens (tertiary/aromatic N) is 2. The average Bonchev–Trinajstić information content (AvgIpc) is 3.30. The summed E-state index contributed by atoms with van der Waals surface area (Å²) in [6.07, 6.45) is 11.5. The molecule has 3 aliphatic carbocycles. The van der Waals surface area contributed by atoms with E-state index in [2.05, 4.69) is 24.9 Å². The monoisotopic (exact) mass is 437 g/mol. The third kappa shape index (κ3) is 2.66. The summed E-state index contributed by atoms with van der Waals surface area (Å²) in [4.78, 5) is 22.9. The van der Waals surface area contributed by atoms with Gasteiger partial charge in [0.2, 0.25) is 5.91 Å². The number of hydrogen-bond donors (Lipinski definition) is 1. The summed E-state index contributed by atoms with van der Waals surface area (Å²) < 4.78 is 0. The molecule has 2 aromatic rings. The Morgan fingerprint density at radius 3 is 2.81 bits per heavy atom. The first-order valence-corrected chi connectivity index (χ1v) is 12.3. The van der Waals surface area contributed by atoms with Gasteiger partial charge >= 0.3 is 0 Å². The van der Waals surface area contributed by atoms with E-state index in [0.717, 1.165) is 40.1 Å². The maximum absolute atomic E-state index is 12.3. The van der Waals surface area contributed by atoms with Crippen LogP contribution in [0.2, 0.25) is 5.02 Å². The van der Waals surface area contributed by atoms with Crippen molar-refractivity contribution in [3.63, 3.8) is 0 Å². The van der Waals surface area contributed by atoms with Crippen LogP contribution in [0, 0.1) is 28.6 Å². The van der Waals surface area contributed by atoms with Crippen LogP contribution in [0.15, 0.2) is 30.4 Å². The molecule has 0 bridgehead atoms. The Balaban J connectivity index is 1.33. The molecule has 3 saturated carbocycles. The van der Waals surface area contributed by atoms with E-state index in [0.29, 0.717) is 23.3 Å². The minimum absolute atomic E-state index is 0.112. The fourth-order valence-corrected chi connectivity index (χ4v) is 8.53. The number of nitrogens with one attached hydrogen (secondary N) is 1. The quantitative estimate of drug-likeness (QED) is 0.600. The van der Waals surface area contributed by atoms with Gasteiger partial charge < -0.3 is 9.88 Å². The molecule has 3 fully saturated rings. The van der Waals surface area contributed by atoms with E-state index in [1.807, 2.05) is 36.2 Å². The highest BCUT2D eigenvalue weighted by molar-refractivity contribution is 6.31. The number of aromatic amines is 1. The van der Waals surface area contributed by atoms with Crippen molar-refractivity contribution in [2.75, 3.05) is 7.05 Å². The number of amides is 1. The first kappa shape index (κ1) is 19.8. The molecule has 1 aromatic heterocycles. The maximum Gasteiger partial charge on any atom is 0.246 e. The van der Waals surface area contributed by atoms with Crippen molar-refractivity contribution in [2.45, 2.75) is 64.3 Å². The van der Waals surface area contributed by atoms with Gasteiger partial charge in [0.15, 0.2) is 0 Å². The first-order chi connectivity index (χ1) is 14.8. The fraction of sp³-hybridized carbons (Fsp3) is 0.615. The number of rotatable bonds is 1. The Labute approximate surface area is 189 Å². The summed E-state index contributed by atoms with van der Waals surface area (Å²) in [6, 6.07) is 6.30. The second-order valence-corrected chi connectivity index (χ2v) is 11.5. The fourth-order valence-electron chi connectivity index (χ4n) is 8.35. The highest BCUT2D eigenvalue weighted by atomic mass is 35.5. The SMILES string of the molecule is CN1C(=O)C=C[C@@]2(C)C1CC[C@@H]1[C@H]2CC[C@]2(C)C(c3nc4ccc(Cl)cc4[nH]3)CC[C@@H]12. The van der Waals surface area contributed by atoms with Crippen LogP contribution in [0.4, 0.5) is 0 Å². The molecule has 6 rings (SSSR count). The molecule has 31 heavy (non-hydrogen) atoms. The molecule has 2 heterocycles. The van der Waals surface area contributed by atoms with E-state index in [1.165, 1.54) is 32.1 Å². The molecule has 4 aliphatic rings. The molecule has 2 unspecified atom stereocenters. The molecular formula is C26H32ClN3O. The van der Waals surface area contributed by atoms with Crippen molar-refractivity contribution >= 4 is 28.5 Å². The van der Waals surface area contributed by atoms with Crippen molar-refractivity contribution in [3.8, 4) is 0 Å². The van der Waals surface area contributed by atoms with Gasteiger partial charge in [0.05, 0.1) is 11.0 Å². The van der Waals surface area contributed by atoms with Crippen LogP contribution >= 0.6 is 11.6 Å². The van der Waals surface area contributed by atoms with Gasteiger partial charge in [-0.3, -0.25) is 4.79 Å². The normalized spacial score (nSPS) is 41.9. The number of carbonyl (C=O) groups excluding carboxylic acids is 1. The molecule has 1 aliphatic heterocycles. The van der Waals surface area contributed by atoms with Crippen molar-refractivity contribution in [1.82, 2.24) is 14.9 Å². The molecule has 5 heteroatoms. The molecule has 0 saturated heterocycles. The van der Waals surface area contributed by atoms with Crippen LogP contribution in [0.5, 0.6) is 0 Å². The van der Waals surface area contributed by atoms with Crippen LogP contribution in [-0.2, 0) is 4.79 Å². The van der Waals surface area contributed by atoms with Crippen LogP contribution < -0.4 is 0 Å². The topological polar surface area (TPSA) is 49.0 Å². The van der Waals surface area contributed by atoms with Crippen molar-refractivity contribution in [1.29, 1.82) is 0 Å². The summed E-state index contributed by atoms with van der Waals surface area (Å²) >= 11 is 6.21. The number of likely N-dealkylation sites (N-methyl/N-ethyl adjacent to an activating group) is 1. The standard InChI is InChI=1S/C26H32ClN3O/c1-25-12-10-18-16(5-9-22-26(18,2)13-11-23(31)30(22)3)17(25)6-7-19(25)24-28-20-8-4-15(27)14-21(20)29-24/h4,8,11,13-14,16-19,22H,5-7,9-10,12H2,1-3H3,(H,28,29)/t16-,17-,18+,19?,22?,25-,26+/m0/s1. The summed E-state index contributed by atoms with van der Waals surface area (Å²) in [7, 11) is 2.00. The second-order valence-electron chi connectivity index (χ2n) is 11.1. The third-order valence-electron chi connectivity index (χ3n) is 9.92. The van der Waals surface area contributed by atoms with Crippen LogP contribution in [0.3, 0.4) is 0 Å². The third-order valence-corrected chi connectivity index (χ3v) is 10.2. The van der Waals surface area contributed by atoms with Gasteiger partial charge in [0.25, 0.3) is 0 Å². The molecule has 0 radical (unpaired) electrons. The van der Waals surface area contributed by atoms with E-state index in [9.17, 15) is 4.79 Å². The van der Waals surface area contributed by atoms with Crippen LogP contribution in [0.1, 0.15) is 64.1 Å². The van der Waals surface area contributed by atoms with E-state index >= 15 is 0 Å². The number of aromatic nitrogens is 2. The molecule has 0 spiro atoms. The highest BCUT2D eigenvalue weighted by Gasteiger charge is 2.60. The molecule has 1 N–H and O–H groups in total. The molecule has 164 valence electrons. The number of benzene rings is 1. The smallest absolute Gasteiger partial charge is 0.246 e. The second kappa shape index (κ2) is 6.60. The molecule has 7 atom stereocenters. The van der Waals surface area contributed by atoms with Gasteiger partial charge in [-0.1, -0.05) is 31.5 Å². The van der Waals surface area contributed by atoms with Gasteiger partial charge in [-0.05, 0) is 86.0 Å². The lowest BCUT2D eigenvalue weighted by Gasteiger charge is -2.60. The summed E-state index contributed by atoms with van der Waals surface area (Å²) in [5.41, 5.74) is 2.48. The summed E-state index contributed by atoms with van der Waals surface area (Å²) in [5.74, 6) is 3.97. The minimum Gasteiger partial charge on any atom is -0.342 e. The van der Waals surface area contributed by atoms with Gasteiger partial charge in [-0.25, -0.2) is 4.98 Å². The lowest BCUT2D eigenvalue weighted by molar-refractivity contribution is -0.138. The largest absolute Gasteiger partial charge is 0.342 e. The number of carbonyl (C=O) groups is 1. The summed E-state index contributed by atoms with van der Waals surface area (Å²) in [5, 5.41) is 0.757. The predicted molar refractivity (Wildman–Crippen MR) is 124 cm³/mol. The van der Waals surface area contributed by atoms with Gasteiger partial charge in [-0.15, -0.1) is 0 Å². The van der Waals surface area contributed by atoms with Gasteiger partial charge in [-0.2, -0.15) is 0 Å². The number of halogens is 1. The Kier molecular flexibility index (Phi) is 4.23. The number of hydrogen-bond acceptors (Lipinski definition) is 2. The lowest BCUT2D eigenvalue weighted by Crippen LogP contribution is -2.59. The Bertz CT molecular complexity index is 1090. The van der Waals surface area contributed by atoms with Crippen LogP contribution in [0.25, 0.3) is 11.0 Å². The first-order valence-electron chi connectivity index (χ1n) is 11.9. The number of fused-ring (bicyclic) bond motifs is 6. The minimum atomic E-state index is 0.112. The predicted octanol–water partition coefficient (Wildman–Crippen LogP) is 5.94. The molecule has 1 aromatic carbocycles. The Morgan fingerprint density at radius 1 is 1.13 bits per heavy atom. The van der Waals surface area contributed by atoms with Gasteiger partial charge in [0.1, 0.15) is 5.82 Å². The zero-order valence-corrected chi connectivity index (χ0v) is 19.5. The Hall–Kier alpha value is -1.81. The Morgan fingerprint density at radius 2 is 1.97 bits per heavy atom. The molecule has 4 nitrogen and oxygen atoms in total. The summed E-state index contributed by atoms with van der Waals surface area (Å²) in [6.45, 7) is 4.96. The molecule has 1 amide bonds. The zero-order chi connectivity index (χ0) is 21.5. The van der Waals surface area contributed by atoms with Gasteiger partial charge in [0, 0.05) is 29.4 Å².